The summed E-state index contributed by atoms with van der Waals surface area (Å²) in [5.74, 6) is 1.78. The number of ether oxygens (including phenoxy) is 2. The molecule has 16 heavy (non-hydrogen) atoms. The molecule has 0 aromatic heterocycles. The van der Waals surface area contributed by atoms with Gasteiger partial charge in [0.15, 0.2) is 0 Å². The van der Waals surface area contributed by atoms with E-state index in [0.717, 1.165) is 36.1 Å². The number of rotatable bonds is 7. The molecular weight excluding hydrogens is 268 g/mol. The van der Waals surface area contributed by atoms with Gasteiger partial charge in [-0.3, -0.25) is 0 Å². The number of hydrogen-bond acceptors (Lipinski definition) is 2. The summed E-state index contributed by atoms with van der Waals surface area (Å²) >= 11 is 3.44. The van der Waals surface area contributed by atoms with Crippen LogP contribution < -0.4 is 9.47 Å². The Labute approximate surface area is 106 Å². The number of methoxy groups -OCH3 is 1. The largest absolute Gasteiger partial charge is 0.497 e. The summed E-state index contributed by atoms with van der Waals surface area (Å²) in [5, 5.41) is 1.04. The van der Waals surface area contributed by atoms with Crippen LogP contribution in [0.2, 0.25) is 0 Å². The average molecular weight is 287 g/mol. The van der Waals surface area contributed by atoms with Crippen LogP contribution in [0.15, 0.2) is 24.3 Å². The van der Waals surface area contributed by atoms with Crippen molar-refractivity contribution in [2.45, 2.75) is 32.3 Å². The van der Waals surface area contributed by atoms with Gasteiger partial charge in [0.1, 0.15) is 11.5 Å². The molecule has 0 bridgehead atoms. The zero-order chi connectivity index (χ0) is 11.8. The summed E-state index contributed by atoms with van der Waals surface area (Å²) in [4.78, 5) is 0. The molecule has 0 heterocycles. The molecule has 1 rings (SSSR count). The predicted molar refractivity (Wildman–Crippen MR) is 70.7 cm³/mol. The third-order valence-electron chi connectivity index (χ3n) is 2.48. The smallest absolute Gasteiger partial charge is 0.119 e. The van der Waals surface area contributed by atoms with Gasteiger partial charge in [0, 0.05) is 5.33 Å². The Bertz CT molecular complexity index is 284. The highest BCUT2D eigenvalue weighted by atomic mass is 79.9. The highest BCUT2D eigenvalue weighted by Crippen LogP contribution is 2.20. The lowest BCUT2D eigenvalue weighted by Crippen LogP contribution is -2.15. The molecule has 0 spiro atoms. The molecule has 0 saturated heterocycles. The van der Waals surface area contributed by atoms with Crippen molar-refractivity contribution >= 4 is 15.9 Å². The van der Waals surface area contributed by atoms with Crippen LogP contribution in [0.1, 0.15) is 26.2 Å². The van der Waals surface area contributed by atoms with E-state index in [4.69, 9.17) is 9.47 Å². The van der Waals surface area contributed by atoms with Crippen LogP contribution in [-0.2, 0) is 0 Å². The Kier molecular flexibility index (Phi) is 6.31. The second-order valence-corrected chi connectivity index (χ2v) is 4.45. The topological polar surface area (TPSA) is 18.5 Å². The van der Waals surface area contributed by atoms with Crippen LogP contribution in [0.4, 0.5) is 0 Å². The van der Waals surface area contributed by atoms with Crippen LogP contribution >= 0.6 is 15.9 Å². The first kappa shape index (κ1) is 13.4. The van der Waals surface area contributed by atoms with E-state index in [2.05, 4.69) is 22.9 Å². The van der Waals surface area contributed by atoms with Crippen molar-refractivity contribution in [3.05, 3.63) is 24.3 Å². The Morgan fingerprint density at radius 1 is 1.19 bits per heavy atom. The molecule has 3 heteroatoms. The summed E-state index contributed by atoms with van der Waals surface area (Å²) in [7, 11) is 1.67. The highest BCUT2D eigenvalue weighted by Gasteiger charge is 2.07. The minimum Gasteiger partial charge on any atom is -0.497 e. The van der Waals surface area contributed by atoms with E-state index in [0.29, 0.717) is 6.10 Å². The van der Waals surface area contributed by atoms with Gasteiger partial charge in [0.05, 0.1) is 13.2 Å². The summed E-state index contributed by atoms with van der Waals surface area (Å²) in [5.41, 5.74) is 0. The maximum Gasteiger partial charge on any atom is 0.119 e. The van der Waals surface area contributed by atoms with Crippen molar-refractivity contribution in [3.63, 3.8) is 0 Å². The lowest BCUT2D eigenvalue weighted by Gasteiger charge is -2.17. The van der Waals surface area contributed by atoms with Gasteiger partial charge in [0.2, 0.25) is 0 Å². The molecule has 1 aromatic carbocycles. The molecular formula is C13H19BrO2. The predicted octanol–water partition coefficient (Wildman–Crippen LogP) is 4.03. The lowest BCUT2D eigenvalue weighted by molar-refractivity contribution is 0.186. The summed E-state index contributed by atoms with van der Waals surface area (Å²) < 4.78 is 11.0. The van der Waals surface area contributed by atoms with E-state index in [-0.39, 0.29) is 0 Å². The maximum atomic E-state index is 5.89. The van der Waals surface area contributed by atoms with Crippen LogP contribution in [0.3, 0.4) is 0 Å². The third-order valence-corrected chi connectivity index (χ3v) is 3.04. The van der Waals surface area contributed by atoms with Gasteiger partial charge in [-0.15, -0.1) is 0 Å². The first-order valence-electron chi connectivity index (χ1n) is 5.66. The third kappa shape index (κ3) is 4.44. The highest BCUT2D eigenvalue weighted by molar-refractivity contribution is 9.09. The van der Waals surface area contributed by atoms with Crippen LogP contribution in [0.25, 0.3) is 0 Å². The Morgan fingerprint density at radius 2 is 1.81 bits per heavy atom. The van der Waals surface area contributed by atoms with Crippen LogP contribution in [0, 0.1) is 0 Å². The molecule has 1 atom stereocenters. The SMILES string of the molecule is CCC(CCCBr)Oc1ccc(OC)cc1. The van der Waals surface area contributed by atoms with E-state index < -0.39 is 0 Å². The second-order valence-electron chi connectivity index (χ2n) is 3.65. The van der Waals surface area contributed by atoms with Crippen molar-refractivity contribution in [3.8, 4) is 11.5 Å². The van der Waals surface area contributed by atoms with E-state index >= 15 is 0 Å². The fourth-order valence-corrected chi connectivity index (χ4v) is 1.82. The van der Waals surface area contributed by atoms with Gasteiger partial charge < -0.3 is 9.47 Å². The molecule has 0 fully saturated rings. The lowest BCUT2D eigenvalue weighted by atomic mass is 10.1. The summed E-state index contributed by atoms with van der Waals surface area (Å²) in [6.45, 7) is 2.16. The van der Waals surface area contributed by atoms with Gasteiger partial charge in [0.25, 0.3) is 0 Å². The monoisotopic (exact) mass is 286 g/mol. The van der Waals surface area contributed by atoms with E-state index in [9.17, 15) is 0 Å². The second kappa shape index (κ2) is 7.55. The fourth-order valence-electron chi connectivity index (χ4n) is 1.50. The molecule has 1 unspecified atom stereocenters. The van der Waals surface area contributed by atoms with Gasteiger partial charge >= 0.3 is 0 Å². The van der Waals surface area contributed by atoms with Gasteiger partial charge in [-0.2, -0.15) is 0 Å². The van der Waals surface area contributed by atoms with Crippen molar-refractivity contribution in [1.29, 1.82) is 0 Å². The normalized spacial score (nSPS) is 12.2. The molecule has 0 amide bonds. The minimum atomic E-state index is 0.311. The van der Waals surface area contributed by atoms with E-state index in [1.54, 1.807) is 7.11 Å². The van der Waals surface area contributed by atoms with E-state index in [1.807, 2.05) is 24.3 Å². The Hall–Kier alpha value is -0.700. The molecule has 0 saturated carbocycles. The minimum absolute atomic E-state index is 0.311. The number of alkyl halides is 1. The van der Waals surface area contributed by atoms with E-state index in [1.165, 1.54) is 0 Å². The molecule has 0 aliphatic heterocycles. The van der Waals surface area contributed by atoms with Crippen molar-refractivity contribution < 1.29 is 9.47 Å². The molecule has 0 aliphatic carbocycles. The number of hydrogen-bond donors (Lipinski definition) is 0. The average Bonchev–Trinajstić information content (AvgIpc) is 2.35. The molecule has 0 radical (unpaired) electrons. The maximum absolute atomic E-state index is 5.89. The standard InChI is InChI=1S/C13H19BrO2/c1-3-11(5-4-10-14)16-13-8-6-12(15-2)7-9-13/h6-9,11H,3-5,10H2,1-2H3. The fraction of sp³-hybridized carbons (Fsp3) is 0.538. The first-order chi connectivity index (χ1) is 7.80. The zero-order valence-electron chi connectivity index (χ0n) is 9.91. The van der Waals surface area contributed by atoms with Crippen molar-refractivity contribution in [2.24, 2.45) is 0 Å². The first-order valence-corrected chi connectivity index (χ1v) is 6.79. The summed E-state index contributed by atoms with van der Waals surface area (Å²) in [6.07, 6.45) is 3.59. The van der Waals surface area contributed by atoms with Crippen molar-refractivity contribution in [1.82, 2.24) is 0 Å². The Morgan fingerprint density at radius 3 is 2.31 bits per heavy atom. The number of halogens is 1. The zero-order valence-corrected chi connectivity index (χ0v) is 11.5. The van der Waals surface area contributed by atoms with Gasteiger partial charge in [-0.25, -0.2) is 0 Å². The molecule has 90 valence electrons. The quantitative estimate of drug-likeness (QED) is 0.705. The molecule has 0 N–H and O–H groups in total. The number of benzene rings is 1. The van der Waals surface area contributed by atoms with Gasteiger partial charge in [-0.1, -0.05) is 22.9 Å². The van der Waals surface area contributed by atoms with Gasteiger partial charge in [-0.05, 0) is 43.5 Å². The molecule has 2 nitrogen and oxygen atoms in total. The molecule has 0 aliphatic rings. The summed E-state index contributed by atoms with van der Waals surface area (Å²) in [6, 6.07) is 7.75. The Balaban J connectivity index is 2.49. The van der Waals surface area contributed by atoms with Crippen molar-refractivity contribution in [2.75, 3.05) is 12.4 Å². The molecule has 1 aromatic rings. The van der Waals surface area contributed by atoms with Crippen LogP contribution in [-0.4, -0.2) is 18.5 Å². The van der Waals surface area contributed by atoms with Crippen LogP contribution in [0.5, 0.6) is 11.5 Å².